The molecule has 0 spiro atoms. The molecule has 2 unspecified atom stereocenters. The van der Waals surface area contributed by atoms with Gasteiger partial charge in [-0.2, -0.15) is 0 Å². The Morgan fingerprint density at radius 1 is 1.10 bits per heavy atom. The fourth-order valence-corrected chi connectivity index (χ4v) is 4.16. The molecule has 3 aromatic carbocycles. The first-order chi connectivity index (χ1) is 14.5. The lowest BCUT2D eigenvalue weighted by molar-refractivity contribution is 0.313. The number of nitrogens with one attached hydrogen (secondary N) is 1. The molecule has 30 heavy (non-hydrogen) atoms. The first kappa shape index (κ1) is 20.6. The van der Waals surface area contributed by atoms with E-state index in [0.29, 0.717) is 18.8 Å². The zero-order valence-electron chi connectivity index (χ0n) is 17.1. The Morgan fingerprint density at radius 2 is 1.87 bits per heavy atom. The zero-order chi connectivity index (χ0) is 21.1. The smallest absolute Gasteiger partial charge is 0.162 e. The van der Waals surface area contributed by atoms with E-state index < -0.39 is 0 Å². The molecule has 0 saturated heterocycles. The maximum absolute atomic E-state index is 10.9. The van der Waals surface area contributed by atoms with E-state index in [2.05, 4.69) is 64.6 Å². The summed E-state index contributed by atoms with van der Waals surface area (Å²) in [5.74, 6) is 0.699. The number of aromatic hydroxyl groups is 1. The molecule has 4 nitrogen and oxygen atoms in total. The number of benzene rings is 3. The Balaban J connectivity index is 1.75. The highest BCUT2D eigenvalue weighted by molar-refractivity contribution is 9.10. The number of hydrogen-bond donors (Lipinski definition) is 2. The van der Waals surface area contributed by atoms with Crippen molar-refractivity contribution in [2.75, 3.05) is 6.61 Å². The van der Waals surface area contributed by atoms with Crippen molar-refractivity contribution < 1.29 is 9.84 Å². The van der Waals surface area contributed by atoms with Gasteiger partial charge in [-0.25, -0.2) is 0 Å². The van der Waals surface area contributed by atoms with Crippen LogP contribution >= 0.6 is 15.9 Å². The Morgan fingerprint density at radius 3 is 2.60 bits per heavy atom. The molecule has 2 N–H and O–H groups in total. The Hall–Kier alpha value is -2.63. The lowest BCUT2D eigenvalue weighted by atomic mass is 9.93. The van der Waals surface area contributed by atoms with Crippen LogP contribution < -0.4 is 10.1 Å². The number of phenols is 1. The molecular weight excluding hydrogens is 440 g/mol. The van der Waals surface area contributed by atoms with E-state index in [1.54, 1.807) is 6.07 Å². The van der Waals surface area contributed by atoms with Gasteiger partial charge in [0.2, 0.25) is 0 Å². The number of para-hydroxylation sites is 1. The quantitative estimate of drug-likeness (QED) is 0.480. The first-order valence-corrected chi connectivity index (χ1v) is 10.9. The highest BCUT2D eigenvalue weighted by atomic mass is 79.9. The van der Waals surface area contributed by atoms with Crippen LogP contribution in [0.2, 0.25) is 0 Å². The molecule has 0 saturated carbocycles. The predicted molar refractivity (Wildman–Crippen MR) is 124 cm³/mol. The number of rotatable bonds is 5. The average molecular weight is 465 g/mol. The molecule has 3 aromatic rings. The second-order valence-electron chi connectivity index (χ2n) is 7.45. The molecule has 0 aliphatic carbocycles. The number of halogens is 1. The maximum atomic E-state index is 10.9. The zero-order valence-corrected chi connectivity index (χ0v) is 18.7. The van der Waals surface area contributed by atoms with Crippen LogP contribution in [0.3, 0.4) is 0 Å². The van der Waals surface area contributed by atoms with Crippen LogP contribution in [0.25, 0.3) is 0 Å². The highest BCUT2D eigenvalue weighted by Gasteiger charge is 2.28. The van der Waals surface area contributed by atoms with E-state index in [1.165, 1.54) is 5.56 Å². The summed E-state index contributed by atoms with van der Waals surface area (Å²) in [6.45, 7) is 4.50. The van der Waals surface area contributed by atoms with Gasteiger partial charge in [0, 0.05) is 28.2 Å². The van der Waals surface area contributed by atoms with Gasteiger partial charge in [-0.3, -0.25) is 10.3 Å². The molecule has 0 aromatic heterocycles. The van der Waals surface area contributed by atoms with Gasteiger partial charge >= 0.3 is 0 Å². The molecule has 1 heterocycles. The summed E-state index contributed by atoms with van der Waals surface area (Å²) < 4.78 is 6.63. The third-order valence-corrected chi connectivity index (χ3v) is 5.79. The number of aryl methyl sites for hydroxylation is 1. The molecule has 1 aliphatic heterocycles. The Bertz CT molecular complexity index is 1060. The number of nitrogens with zero attached hydrogens (tertiary/aromatic N) is 1. The van der Waals surface area contributed by atoms with Crippen LogP contribution in [0.5, 0.6) is 11.5 Å². The van der Waals surface area contributed by atoms with E-state index in [-0.39, 0.29) is 18.0 Å². The predicted octanol–water partition coefficient (Wildman–Crippen LogP) is 6.08. The molecule has 5 heteroatoms. The van der Waals surface area contributed by atoms with Gasteiger partial charge in [0.25, 0.3) is 0 Å². The van der Waals surface area contributed by atoms with E-state index in [1.807, 2.05) is 31.2 Å². The van der Waals surface area contributed by atoms with Crippen LogP contribution in [-0.2, 0) is 0 Å². The first-order valence-electron chi connectivity index (χ1n) is 10.1. The summed E-state index contributed by atoms with van der Waals surface area (Å²) in [5, 5.41) is 14.5. The summed E-state index contributed by atoms with van der Waals surface area (Å²) in [4.78, 5) is 5.03. The Labute approximate surface area is 185 Å². The van der Waals surface area contributed by atoms with Gasteiger partial charge in [-0.05, 0) is 43.2 Å². The van der Waals surface area contributed by atoms with E-state index in [4.69, 9.17) is 9.73 Å². The fourth-order valence-electron chi connectivity index (χ4n) is 3.76. The van der Waals surface area contributed by atoms with Crippen molar-refractivity contribution in [3.05, 3.63) is 93.5 Å². The molecular formula is C25H25BrN2O2. The summed E-state index contributed by atoms with van der Waals surface area (Å²) >= 11 is 3.57. The van der Waals surface area contributed by atoms with Crippen molar-refractivity contribution in [3.63, 3.8) is 0 Å². The number of aliphatic imine (C=N–C) groups is 1. The monoisotopic (exact) mass is 464 g/mol. The average Bonchev–Trinajstić information content (AvgIpc) is 2.75. The van der Waals surface area contributed by atoms with E-state index in [9.17, 15) is 5.11 Å². The largest absolute Gasteiger partial charge is 0.504 e. The van der Waals surface area contributed by atoms with Crippen molar-refractivity contribution in [3.8, 4) is 11.5 Å². The molecule has 2 atom stereocenters. The van der Waals surface area contributed by atoms with Crippen molar-refractivity contribution >= 4 is 21.6 Å². The minimum atomic E-state index is -0.200. The van der Waals surface area contributed by atoms with Crippen LogP contribution in [0.15, 0.2) is 76.2 Å². The molecule has 1 aliphatic rings. The normalized spacial score (nSPS) is 18.7. The lowest BCUT2D eigenvalue weighted by Gasteiger charge is -2.31. The summed E-state index contributed by atoms with van der Waals surface area (Å²) in [6, 6.07) is 22.2. The third kappa shape index (κ3) is 4.42. The van der Waals surface area contributed by atoms with Gasteiger partial charge < -0.3 is 9.84 Å². The Kier molecular flexibility index (Phi) is 6.21. The second kappa shape index (κ2) is 9.02. The molecule has 0 amide bonds. The summed E-state index contributed by atoms with van der Waals surface area (Å²) in [5.41, 5.74) is 5.21. The maximum Gasteiger partial charge on any atom is 0.162 e. The molecule has 154 valence electrons. The number of hydrogen-bond acceptors (Lipinski definition) is 4. The number of phenolic OH excluding ortho intramolecular Hbond substituents is 1. The van der Waals surface area contributed by atoms with Crippen LogP contribution in [0.4, 0.5) is 0 Å². The molecule has 0 bridgehead atoms. The third-order valence-electron chi connectivity index (χ3n) is 5.30. The second-order valence-corrected chi connectivity index (χ2v) is 8.37. The number of ether oxygens (including phenoxy) is 1. The van der Waals surface area contributed by atoms with Crippen LogP contribution in [-0.4, -0.2) is 17.4 Å². The molecule has 0 radical (unpaired) electrons. The van der Waals surface area contributed by atoms with Gasteiger partial charge in [0.1, 0.15) is 6.17 Å². The van der Waals surface area contributed by atoms with E-state index >= 15 is 0 Å². The van der Waals surface area contributed by atoms with Gasteiger partial charge in [0.15, 0.2) is 11.5 Å². The van der Waals surface area contributed by atoms with Crippen LogP contribution in [0.1, 0.15) is 47.8 Å². The van der Waals surface area contributed by atoms with Gasteiger partial charge in [-0.1, -0.05) is 70.0 Å². The minimum Gasteiger partial charge on any atom is -0.504 e. The standard InChI is InChI=1S/C25H25BrN2O2/c1-3-30-23-9-5-8-20(24(23)29)22-15-21(18-6-4-7-19(26)14-18)27-25(28-22)17-12-10-16(2)11-13-17/h4-14,22,25,28-29H,3,15H2,1-2H3. The highest BCUT2D eigenvalue weighted by Crippen LogP contribution is 2.39. The molecule has 4 rings (SSSR count). The van der Waals surface area contributed by atoms with Crippen molar-refractivity contribution in [1.82, 2.24) is 5.32 Å². The minimum absolute atomic E-state index is 0.0943. The topological polar surface area (TPSA) is 53.8 Å². The summed E-state index contributed by atoms with van der Waals surface area (Å²) in [6.07, 6.45) is 0.468. The summed E-state index contributed by atoms with van der Waals surface area (Å²) in [7, 11) is 0. The van der Waals surface area contributed by atoms with Crippen molar-refractivity contribution in [2.45, 2.75) is 32.5 Å². The fraction of sp³-hybridized carbons (Fsp3) is 0.240. The van der Waals surface area contributed by atoms with Gasteiger partial charge in [-0.15, -0.1) is 0 Å². The lowest BCUT2D eigenvalue weighted by Crippen LogP contribution is -2.33. The van der Waals surface area contributed by atoms with Gasteiger partial charge in [0.05, 0.1) is 6.61 Å². The molecule has 0 fully saturated rings. The van der Waals surface area contributed by atoms with Crippen molar-refractivity contribution in [2.24, 2.45) is 4.99 Å². The SMILES string of the molecule is CCOc1cccc(C2CC(c3cccc(Br)c3)=NC(c3ccc(C)cc3)N2)c1O. The van der Waals surface area contributed by atoms with E-state index in [0.717, 1.165) is 26.9 Å². The van der Waals surface area contributed by atoms with Crippen LogP contribution in [0, 0.1) is 6.92 Å². The van der Waals surface area contributed by atoms with Crippen molar-refractivity contribution in [1.29, 1.82) is 0 Å².